The minimum Gasteiger partial charge on any atom is -0.462 e. The summed E-state index contributed by atoms with van der Waals surface area (Å²) >= 11 is 6.81. The number of esters is 1. The number of ether oxygens (including phenoxy) is 1. The van der Waals surface area contributed by atoms with Crippen LogP contribution >= 0.6 is 67.8 Å². The van der Waals surface area contributed by atoms with E-state index in [2.05, 4.69) is 120 Å². The monoisotopic (exact) mass is 1010 g/mol. The van der Waals surface area contributed by atoms with Crippen molar-refractivity contribution in [3.63, 3.8) is 0 Å². The molecule has 0 spiro atoms. The molecular formula is C42H62I3NO3. The molecule has 0 heterocycles. The zero-order valence-electron chi connectivity index (χ0n) is 30.9. The maximum atomic E-state index is 12.9. The van der Waals surface area contributed by atoms with Crippen LogP contribution in [0.5, 0.6) is 0 Å². The molecule has 3 fully saturated rings. The van der Waals surface area contributed by atoms with E-state index in [1.807, 2.05) is 6.07 Å². The Kier molecular flexibility index (Phi) is 14.8. The topological polar surface area (TPSA) is 55.4 Å². The number of fused-ring (bicyclic) bond motifs is 5. The normalized spacial score (nSPS) is 31.4. The molecule has 1 aromatic carbocycles. The average Bonchev–Trinajstić information content (AvgIpc) is 3.41. The Morgan fingerprint density at radius 2 is 1.65 bits per heavy atom. The zero-order chi connectivity index (χ0) is 35.3. The number of hydrogen-bond acceptors (Lipinski definition) is 3. The molecule has 0 aromatic heterocycles. The Morgan fingerprint density at radius 3 is 2.43 bits per heavy atom. The predicted octanol–water partition coefficient (Wildman–Crippen LogP) is 12.5. The summed E-state index contributed by atoms with van der Waals surface area (Å²) < 4.78 is 9.31. The lowest BCUT2D eigenvalue weighted by Gasteiger charge is -2.58. The molecule has 8 atom stereocenters. The molecule has 0 radical (unpaired) electrons. The molecule has 1 N–H and O–H groups in total. The molecule has 4 nitrogen and oxygen atoms in total. The molecule has 3 saturated carbocycles. The quantitative estimate of drug-likeness (QED) is 0.0626. The lowest BCUT2D eigenvalue weighted by molar-refractivity contribution is -0.151. The maximum Gasteiger partial charge on any atom is 0.306 e. The van der Waals surface area contributed by atoms with Gasteiger partial charge >= 0.3 is 5.97 Å². The molecule has 0 aliphatic heterocycles. The van der Waals surface area contributed by atoms with Crippen LogP contribution < -0.4 is 5.32 Å². The molecule has 0 bridgehead atoms. The van der Waals surface area contributed by atoms with Gasteiger partial charge in [-0.1, -0.05) is 84.8 Å². The highest BCUT2D eigenvalue weighted by atomic mass is 127. The van der Waals surface area contributed by atoms with E-state index < -0.39 is 0 Å². The third kappa shape index (κ3) is 9.61. The summed E-state index contributed by atoms with van der Waals surface area (Å²) in [6.45, 7) is 13.3. The van der Waals surface area contributed by atoms with Gasteiger partial charge in [-0.05, 0) is 184 Å². The number of allylic oxidation sites excluding steroid dienone is 1. The van der Waals surface area contributed by atoms with Gasteiger partial charge in [0, 0.05) is 30.1 Å². The molecule has 1 aromatic rings. The van der Waals surface area contributed by atoms with Gasteiger partial charge in [0.25, 0.3) is 5.91 Å². The highest BCUT2D eigenvalue weighted by Gasteiger charge is 2.59. The molecular weight excluding hydrogens is 947 g/mol. The number of hydrogen-bond donors (Lipinski definition) is 1. The van der Waals surface area contributed by atoms with Crippen molar-refractivity contribution in [3.8, 4) is 0 Å². The fourth-order valence-corrected chi connectivity index (χ4v) is 13.3. The fraction of sp³-hybridized carbons (Fsp3) is 0.762. The van der Waals surface area contributed by atoms with Crippen molar-refractivity contribution in [2.24, 2.45) is 46.3 Å². The van der Waals surface area contributed by atoms with Gasteiger partial charge in [0.1, 0.15) is 6.10 Å². The largest absolute Gasteiger partial charge is 0.462 e. The fourth-order valence-electron chi connectivity index (χ4n) is 10.9. The summed E-state index contributed by atoms with van der Waals surface area (Å²) in [6, 6.07) is 4.05. The Morgan fingerprint density at radius 1 is 0.898 bits per heavy atom. The van der Waals surface area contributed by atoms with E-state index in [0.29, 0.717) is 23.8 Å². The van der Waals surface area contributed by atoms with E-state index in [9.17, 15) is 9.59 Å². The van der Waals surface area contributed by atoms with E-state index in [1.165, 1.54) is 57.8 Å². The third-order valence-electron chi connectivity index (χ3n) is 13.6. The molecule has 4 aliphatic rings. The Bertz CT molecular complexity index is 1340. The second-order valence-corrected chi connectivity index (χ2v) is 20.7. The Labute approximate surface area is 339 Å². The minimum absolute atomic E-state index is 0.00942. The van der Waals surface area contributed by atoms with Gasteiger partial charge in [0.2, 0.25) is 0 Å². The zero-order valence-corrected chi connectivity index (χ0v) is 37.3. The van der Waals surface area contributed by atoms with Crippen LogP contribution in [0.25, 0.3) is 0 Å². The van der Waals surface area contributed by atoms with Crippen molar-refractivity contribution < 1.29 is 14.3 Å². The smallest absolute Gasteiger partial charge is 0.306 e. The molecule has 274 valence electrons. The SMILES string of the molecule is CC(C)CCC[C@@H](C)[C@H]1CC[C@H]2[C@@H]3CC=C4C[C@@H](OC(=O)CCCCCCCNC(=O)c5cc(I)cc(I)c5I)CC[C@]4(C)[C@H]3CC[C@]12C. The average molecular weight is 1010 g/mol. The van der Waals surface area contributed by atoms with E-state index in [-0.39, 0.29) is 18.0 Å². The van der Waals surface area contributed by atoms with Crippen LogP contribution in [0.2, 0.25) is 0 Å². The van der Waals surface area contributed by atoms with Crippen LogP contribution in [0.3, 0.4) is 0 Å². The summed E-state index contributed by atoms with van der Waals surface area (Å²) in [5, 5.41) is 3.08. The molecule has 0 unspecified atom stereocenters. The van der Waals surface area contributed by atoms with Gasteiger partial charge < -0.3 is 10.1 Å². The second-order valence-electron chi connectivity index (χ2n) is 17.2. The lowest BCUT2D eigenvalue weighted by atomic mass is 9.47. The van der Waals surface area contributed by atoms with E-state index in [1.54, 1.807) is 5.57 Å². The van der Waals surface area contributed by atoms with Gasteiger partial charge in [-0.25, -0.2) is 0 Å². The van der Waals surface area contributed by atoms with E-state index in [0.717, 1.165) is 96.7 Å². The summed E-state index contributed by atoms with van der Waals surface area (Å²) in [5.41, 5.74) is 3.20. The molecule has 0 saturated heterocycles. The summed E-state index contributed by atoms with van der Waals surface area (Å²) in [5.74, 6) is 5.13. The third-order valence-corrected chi connectivity index (χ3v) is 17.3. The van der Waals surface area contributed by atoms with Crippen LogP contribution in [0.4, 0.5) is 0 Å². The minimum atomic E-state index is -0.00942. The van der Waals surface area contributed by atoms with Gasteiger partial charge in [-0.2, -0.15) is 0 Å². The van der Waals surface area contributed by atoms with Crippen LogP contribution in [-0.2, 0) is 9.53 Å². The number of benzene rings is 1. The number of unbranched alkanes of at least 4 members (excludes halogenated alkanes) is 4. The number of nitrogens with one attached hydrogen (secondary N) is 1. The first-order valence-electron chi connectivity index (χ1n) is 19.6. The van der Waals surface area contributed by atoms with Crippen molar-refractivity contribution >= 4 is 79.6 Å². The molecule has 7 heteroatoms. The first-order chi connectivity index (χ1) is 23.3. The van der Waals surface area contributed by atoms with Gasteiger partial charge in [-0.3, -0.25) is 9.59 Å². The second kappa shape index (κ2) is 17.9. The van der Waals surface area contributed by atoms with Crippen molar-refractivity contribution in [2.45, 2.75) is 150 Å². The Hall–Kier alpha value is 0.0900. The summed E-state index contributed by atoms with van der Waals surface area (Å²) in [4.78, 5) is 25.5. The highest BCUT2D eigenvalue weighted by Crippen LogP contribution is 2.67. The number of carbonyl (C=O) groups excluding carboxylic acids is 2. The van der Waals surface area contributed by atoms with Crippen LogP contribution in [0.15, 0.2) is 23.8 Å². The summed E-state index contributed by atoms with van der Waals surface area (Å²) in [7, 11) is 0. The van der Waals surface area contributed by atoms with Crippen molar-refractivity contribution in [3.05, 3.63) is 40.1 Å². The Balaban J connectivity index is 1.01. The predicted molar refractivity (Wildman–Crippen MR) is 228 cm³/mol. The number of rotatable bonds is 15. The number of amides is 1. The molecule has 49 heavy (non-hydrogen) atoms. The molecule has 1 amide bonds. The first-order valence-corrected chi connectivity index (χ1v) is 22.9. The molecule has 4 aliphatic carbocycles. The lowest BCUT2D eigenvalue weighted by Crippen LogP contribution is -2.51. The van der Waals surface area contributed by atoms with Crippen molar-refractivity contribution in [2.75, 3.05) is 6.54 Å². The maximum absolute atomic E-state index is 12.9. The summed E-state index contributed by atoms with van der Waals surface area (Å²) in [6.07, 6.45) is 22.5. The van der Waals surface area contributed by atoms with Crippen molar-refractivity contribution in [1.29, 1.82) is 0 Å². The van der Waals surface area contributed by atoms with Crippen LogP contribution in [0.1, 0.15) is 154 Å². The standard InChI is InChI=1S/C42H62I3NO3/c1-27(2)12-11-13-28(3)34-17-18-35-32-16-15-29-24-31(19-21-41(29,4)36(32)20-22-42(34,35)5)49-38(47)14-9-7-6-8-10-23-46-40(48)33-25-30(43)26-37(44)39(33)45/h15,25-28,31-32,34-36H,6-14,16-24H2,1-5H3,(H,46,48)/t28-,31+,32+,34-,35+,36+,41+,42-/m1/s1. The van der Waals surface area contributed by atoms with Gasteiger partial charge in [0.15, 0.2) is 0 Å². The first kappa shape index (κ1) is 40.3. The van der Waals surface area contributed by atoms with E-state index >= 15 is 0 Å². The van der Waals surface area contributed by atoms with Gasteiger partial charge in [0.05, 0.1) is 5.56 Å². The van der Waals surface area contributed by atoms with Crippen LogP contribution in [-0.4, -0.2) is 24.5 Å². The number of halogens is 3. The van der Waals surface area contributed by atoms with E-state index in [4.69, 9.17) is 4.74 Å². The van der Waals surface area contributed by atoms with Crippen LogP contribution in [0, 0.1) is 57.0 Å². The number of carbonyl (C=O) groups is 2. The molecule has 5 rings (SSSR count). The van der Waals surface area contributed by atoms with Crippen molar-refractivity contribution in [1.82, 2.24) is 5.32 Å². The van der Waals surface area contributed by atoms with Gasteiger partial charge in [-0.15, -0.1) is 0 Å². The highest BCUT2D eigenvalue weighted by molar-refractivity contribution is 14.1.